The predicted molar refractivity (Wildman–Crippen MR) is 77.3 cm³/mol. The Morgan fingerprint density at radius 2 is 1.80 bits per heavy atom. The van der Waals surface area contributed by atoms with Gasteiger partial charge in [-0.05, 0) is 32.4 Å². The standard InChI is InChI=1S/C15H20O4S/c1-4-13(10-16)15(9-12(3)17)20(18,19)14-7-5-11(2)6-8-14/h5-8,10,13,15H,4,9H2,1-3H3/t13-,15-/m0/s1. The van der Waals surface area contributed by atoms with Gasteiger partial charge < -0.3 is 4.79 Å². The molecule has 110 valence electrons. The van der Waals surface area contributed by atoms with Crippen molar-refractivity contribution in [3.8, 4) is 0 Å². The summed E-state index contributed by atoms with van der Waals surface area (Å²) in [5, 5.41) is -0.981. The van der Waals surface area contributed by atoms with Crippen molar-refractivity contribution in [2.75, 3.05) is 0 Å². The quantitative estimate of drug-likeness (QED) is 0.724. The molecule has 4 nitrogen and oxygen atoms in total. The fourth-order valence-electron chi connectivity index (χ4n) is 2.12. The van der Waals surface area contributed by atoms with Crippen LogP contribution in [0.3, 0.4) is 0 Å². The summed E-state index contributed by atoms with van der Waals surface area (Å²) in [5.41, 5.74) is 0.953. The number of hydrogen-bond donors (Lipinski definition) is 0. The number of ketones is 1. The Morgan fingerprint density at radius 1 is 1.25 bits per heavy atom. The van der Waals surface area contributed by atoms with Gasteiger partial charge in [-0.1, -0.05) is 24.6 Å². The third-order valence-corrected chi connectivity index (χ3v) is 5.60. The molecule has 0 N–H and O–H groups in total. The summed E-state index contributed by atoms with van der Waals surface area (Å²) in [4.78, 5) is 22.6. The summed E-state index contributed by atoms with van der Waals surface area (Å²) in [6.45, 7) is 4.95. The Hall–Kier alpha value is -1.49. The van der Waals surface area contributed by atoms with Crippen LogP contribution in [0.15, 0.2) is 29.2 Å². The molecule has 0 aromatic heterocycles. The van der Waals surface area contributed by atoms with Gasteiger partial charge in [0.15, 0.2) is 9.84 Å². The van der Waals surface area contributed by atoms with Crippen LogP contribution in [-0.2, 0) is 19.4 Å². The van der Waals surface area contributed by atoms with E-state index in [0.717, 1.165) is 5.56 Å². The summed E-state index contributed by atoms with van der Waals surface area (Å²) >= 11 is 0. The number of Topliss-reactive ketones (excluding diaryl/α,β-unsaturated/α-hetero) is 1. The smallest absolute Gasteiger partial charge is 0.182 e. The van der Waals surface area contributed by atoms with Gasteiger partial charge >= 0.3 is 0 Å². The van der Waals surface area contributed by atoms with Crippen LogP contribution in [0, 0.1) is 12.8 Å². The van der Waals surface area contributed by atoms with Crippen LogP contribution in [0.1, 0.15) is 32.3 Å². The molecule has 5 heteroatoms. The number of sulfone groups is 1. The highest BCUT2D eigenvalue weighted by molar-refractivity contribution is 7.92. The van der Waals surface area contributed by atoms with Crippen LogP contribution in [0.4, 0.5) is 0 Å². The molecular weight excluding hydrogens is 276 g/mol. The van der Waals surface area contributed by atoms with Crippen LogP contribution in [0.25, 0.3) is 0 Å². The van der Waals surface area contributed by atoms with Crippen molar-refractivity contribution in [2.45, 2.75) is 43.8 Å². The zero-order chi connectivity index (χ0) is 15.3. The molecule has 20 heavy (non-hydrogen) atoms. The molecule has 0 spiro atoms. The molecule has 0 aliphatic heterocycles. The molecule has 1 rings (SSSR count). The van der Waals surface area contributed by atoms with E-state index in [1.807, 2.05) is 6.92 Å². The SMILES string of the molecule is CC[C@@H](C=O)[C@H](CC(C)=O)S(=O)(=O)c1ccc(C)cc1. The van der Waals surface area contributed by atoms with Gasteiger partial charge in [0, 0.05) is 12.3 Å². The van der Waals surface area contributed by atoms with Gasteiger partial charge in [-0.2, -0.15) is 0 Å². The lowest BCUT2D eigenvalue weighted by Crippen LogP contribution is -2.32. The summed E-state index contributed by atoms with van der Waals surface area (Å²) in [7, 11) is -3.69. The van der Waals surface area contributed by atoms with E-state index in [2.05, 4.69) is 0 Å². The lowest BCUT2D eigenvalue weighted by molar-refractivity contribution is -0.117. The van der Waals surface area contributed by atoms with Gasteiger partial charge in [-0.25, -0.2) is 8.42 Å². The molecular formula is C15H20O4S. The number of aryl methyl sites for hydroxylation is 1. The normalized spacial score (nSPS) is 14.6. The first-order chi connectivity index (χ1) is 9.32. The molecule has 0 aliphatic carbocycles. The fourth-order valence-corrected chi connectivity index (χ4v) is 4.16. The second-order valence-corrected chi connectivity index (χ2v) is 7.18. The minimum absolute atomic E-state index is 0.131. The zero-order valence-corrected chi connectivity index (χ0v) is 12.8. The van der Waals surface area contributed by atoms with E-state index in [9.17, 15) is 18.0 Å². The van der Waals surface area contributed by atoms with E-state index in [1.165, 1.54) is 19.1 Å². The molecule has 0 bridgehead atoms. The first-order valence-corrected chi connectivity index (χ1v) is 8.12. The first kappa shape index (κ1) is 16.6. The van der Waals surface area contributed by atoms with E-state index in [1.54, 1.807) is 19.1 Å². The highest BCUT2D eigenvalue weighted by atomic mass is 32.2. The third-order valence-electron chi connectivity index (χ3n) is 3.36. The molecule has 0 unspecified atom stereocenters. The zero-order valence-electron chi connectivity index (χ0n) is 12.0. The molecule has 2 atom stereocenters. The maximum absolute atomic E-state index is 12.6. The van der Waals surface area contributed by atoms with Crippen LogP contribution in [-0.4, -0.2) is 25.7 Å². The van der Waals surface area contributed by atoms with E-state index < -0.39 is 21.0 Å². The van der Waals surface area contributed by atoms with Gasteiger partial charge in [0.2, 0.25) is 0 Å². The number of rotatable bonds is 7. The minimum atomic E-state index is -3.69. The van der Waals surface area contributed by atoms with Crippen molar-refractivity contribution in [3.05, 3.63) is 29.8 Å². The number of hydrogen-bond acceptors (Lipinski definition) is 4. The summed E-state index contributed by atoms with van der Waals surface area (Å²) in [6.07, 6.45) is 0.902. The van der Waals surface area contributed by atoms with Gasteiger partial charge in [0.1, 0.15) is 12.1 Å². The molecule has 0 saturated heterocycles. The van der Waals surface area contributed by atoms with Crippen LogP contribution in [0.5, 0.6) is 0 Å². The maximum atomic E-state index is 12.6. The minimum Gasteiger partial charge on any atom is -0.303 e. The molecule has 0 fully saturated rings. The molecule has 0 saturated carbocycles. The molecule has 1 aromatic carbocycles. The van der Waals surface area contributed by atoms with Crippen molar-refractivity contribution < 1.29 is 18.0 Å². The molecule has 0 amide bonds. The van der Waals surface area contributed by atoms with Crippen LogP contribution < -0.4 is 0 Å². The van der Waals surface area contributed by atoms with Crippen molar-refractivity contribution in [1.82, 2.24) is 0 Å². The molecule has 0 aliphatic rings. The van der Waals surface area contributed by atoms with Gasteiger partial charge in [-0.15, -0.1) is 0 Å². The van der Waals surface area contributed by atoms with E-state index in [0.29, 0.717) is 12.7 Å². The Labute approximate surface area is 120 Å². The van der Waals surface area contributed by atoms with Crippen LogP contribution >= 0.6 is 0 Å². The third kappa shape index (κ3) is 3.76. The number of benzene rings is 1. The number of carbonyl (C=O) groups excluding carboxylic acids is 2. The topological polar surface area (TPSA) is 68.3 Å². The summed E-state index contributed by atoms with van der Waals surface area (Å²) in [6, 6.07) is 6.46. The lowest BCUT2D eigenvalue weighted by atomic mass is 10.0. The Kier molecular flexibility index (Phi) is 5.62. The monoisotopic (exact) mass is 296 g/mol. The van der Waals surface area contributed by atoms with Gasteiger partial charge in [0.05, 0.1) is 10.1 Å². The first-order valence-electron chi connectivity index (χ1n) is 6.58. The second kappa shape index (κ2) is 6.79. The Bertz CT molecular complexity index is 572. The summed E-state index contributed by atoms with van der Waals surface area (Å²) < 4.78 is 25.3. The van der Waals surface area contributed by atoms with Crippen molar-refractivity contribution >= 4 is 21.9 Å². The average Bonchev–Trinajstić information content (AvgIpc) is 2.39. The Balaban J connectivity index is 3.26. The van der Waals surface area contributed by atoms with E-state index >= 15 is 0 Å². The highest BCUT2D eigenvalue weighted by Crippen LogP contribution is 2.26. The number of aldehydes is 1. The van der Waals surface area contributed by atoms with Gasteiger partial charge in [-0.3, -0.25) is 4.79 Å². The largest absolute Gasteiger partial charge is 0.303 e. The number of carbonyl (C=O) groups is 2. The van der Waals surface area contributed by atoms with Crippen molar-refractivity contribution in [1.29, 1.82) is 0 Å². The second-order valence-electron chi connectivity index (χ2n) is 5.01. The van der Waals surface area contributed by atoms with Crippen molar-refractivity contribution in [3.63, 3.8) is 0 Å². The van der Waals surface area contributed by atoms with Crippen molar-refractivity contribution in [2.24, 2.45) is 5.92 Å². The lowest BCUT2D eigenvalue weighted by Gasteiger charge is -2.21. The fraction of sp³-hybridized carbons (Fsp3) is 0.467. The average molecular weight is 296 g/mol. The van der Waals surface area contributed by atoms with E-state index in [4.69, 9.17) is 0 Å². The Morgan fingerprint density at radius 3 is 2.20 bits per heavy atom. The maximum Gasteiger partial charge on any atom is 0.182 e. The molecule has 0 heterocycles. The van der Waals surface area contributed by atoms with Gasteiger partial charge in [0.25, 0.3) is 0 Å². The molecule has 0 radical (unpaired) electrons. The summed E-state index contributed by atoms with van der Waals surface area (Å²) in [5.74, 6) is -0.892. The van der Waals surface area contributed by atoms with E-state index in [-0.39, 0.29) is 17.1 Å². The highest BCUT2D eigenvalue weighted by Gasteiger charge is 2.34. The predicted octanol–water partition coefficient (Wildman–Crippen LogP) is 2.34. The van der Waals surface area contributed by atoms with Crippen LogP contribution in [0.2, 0.25) is 0 Å². The molecule has 1 aromatic rings.